The summed E-state index contributed by atoms with van der Waals surface area (Å²) >= 11 is 3.46. The van der Waals surface area contributed by atoms with E-state index >= 15 is 0 Å². The van der Waals surface area contributed by atoms with Crippen LogP contribution in [0.25, 0.3) is 5.52 Å². The first-order valence-corrected chi connectivity index (χ1v) is 7.51. The third kappa shape index (κ3) is 2.77. The van der Waals surface area contributed by atoms with Gasteiger partial charge in [0.05, 0.1) is 30.4 Å². The third-order valence-electron chi connectivity index (χ3n) is 3.40. The molecule has 0 bridgehead atoms. The topological polar surface area (TPSA) is 71.7 Å². The maximum absolute atomic E-state index is 9.70. The van der Waals surface area contributed by atoms with Crippen LogP contribution in [0.5, 0.6) is 5.75 Å². The fourth-order valence-electron chi connectivity index (χ4n) is 2.25. The van der Waals surface area contributed by atoms with Gasteiger partial charge in [-0.25, -0.2) is 9.50 Å². The van der Waals surface area contributed by atoms with E-state index in [4.69, 9.17) is 4.74 Å². The molecular formula is C15H15BrN4O2. The molecule has 6 nitrogen and oxygen atoms in total. The van der Waals surface area contributed by atoms with Crippen molar-refractivity contribution in [3.63, 3.8) is 0 Å². The highest BCUT2D eigenvalue weighted by Gasteiger charge is 2.15. The standard InChI is InChI=1S/C15H15BrN4O2/c1-22-11-4-2-10(3-5-11)13(9-21)19-15-14-12(16)8-18-20(14)7-6-17-15/h2-8,13,21H,9H2,1H3,(H,17,19). The predicted octanol–water partition coefficient (Wildman–Crippen LogP) is 2.65. The smallest absolute Gasteiger partial charge is 0.153 e. The Hall–Kier alpha value is -2.12. The number of nitrogens with one attached hydrogen (secondary N) is 1. The quantitative estimate of drug-likeness (QED) is 0.729. The zero-order valence-corrected chi connectivity index (χ0v) is 13.5. The Kier molecular flexibility index (Phi) is 4.26. The molecule has 22 heavy (non-hydrogen) atoms. The Balaban J connectivity index is 1.92. The molecule has 0 radical (unpaired) electrons. The molecule has 0 spiro atoms. The summed E-state index contributed by atoms with van der Waals surface area (Å²) in [6.45, 7) is -0.0547. The largest absolute Gasteiger partial charge is 0.497 e. The number of rotatable bonds is 5. The Labute approximate surface area is 135 Å². The van der Waals surface area contributed by atoms with Crippen molar-refractivity contribution in [1.82, 2.24) is 14.6 Å². The highest BCUT2D eigenvalue weighted by molar-refractivity contribution is 9.10. The van der Waals surface area contributed by atoms with E-state index in [9.17, 15) is 5.11 Å². The Morgan fingerprint density at radius 2 is 2.14 bits per heavy atom. The zero-order chi connectivity index (χ0) is 15.5. The first kappa shape index (κ1) is 14.8. The van der Waals surface area contributed by atoms with Crippen LogP contribution in [0.15, 0.2) is 47.3 Å². The number of aromatic nitrogens is 3. The molecule has 3 aromatic rings. The van der Waals surface area contributed by atoms with Crippen molar-refractivity contribution in [2.75, 3.05) is 19.0 Å². The number of fused-ring (bicyclic) bond motifs is 1. The highest BCUT2D eigenvalue weighted by atomic mass is 79.9. The van der Waals surface area contributed by atoms with E-state index < -0.39 is 0 Å². The molecule has 0 saturated heterocycles. The number of aliphatic hydroxyl groups is 1. The number of benzene rings is 1. The summed E-state index contributed by atoms with van der Waals surface area (Å²) < 4.78 is 7.72. The minimum absolute atomic E-state index is 0.0547. The lowest BCUT2D eigenvalue weighted by Gasteiger charge is -2.18. The van der Waals surface area contributed by atoms with Gasteiger partial charge in [0, 0.05) is 12.4 Å². The van der Waals surface area contributed by atoms with Crippen LogP contribution in [0.1, 0.15) is 11.6 Å². The molecule has 0 aliphatic rings. The van der Waals surface area contributed by atoms with Crippen LogP contribution < -0.4 is 10.1 Å². The van der Waals surface area contributed by atoms with Crippen LogP contribution in [0, 0.1) is 0 Å². The van der Waals surface area contributed by atoms with Gasteiger partial charge in [-0.15, -0.1) is 0 Å². The van der Waals surface area contributed by atoms with E-state index in [1.54, 1.807) is 30.2 Å². The minimum atomic E-state index is -0.272. The summed E-state index contributed by atoms with van der Waals surface area (Å²) in [5, 5.41) is 17.2. The van der Waals surface area contributed by atoms with Gasteiger partial charge in [-0.3, -0.25) is 0 Å². The van der Waals surface area contributed by atoms with Crippen LogP contribution in [-0.4, -0.2) is 33.4 Å². The molecule has 2 aromatic heterocycles. The van der Waals surface area contributed by atoms with Crippen LogP contribution in [0.2, 0.25) is 0 Å². The normalized spacial score (nSPS) is 12.3. The molecule has 2 N–H and O–H groups in total. The van der Waals surface area contributed by atoms with Crippen molar-refractivity contribution in [1.29, 1.82) is 0 Å². The molecule has 1 aromatic carbocycles. The number of anilines is 1. The van der Waals surface area contributed by atoms with Crippen molar-refractivity contribution in [2.45, 2.75) is 6.04 Å². The molecule has 114 valence electrons. The Morgan fingerprint density at radius 3 is 2.82 bits per heavy atom. The lowest BCUT2D eigenvalue weighted by Crippen LogP contribution is -2.16. The van der Waals surface area contributed by atoms with Gasteiger partial charge in [0.15, 0.2) is 5.82 Å². The number of nitrogens with zero attached hydrogens (tertiary/aromatic N) is 3. The lowest BCUT2D eigenvalue weighted by atomic mass is 10.1. The molecule has 0 fully saturated rings. The van der Waals surface area contributed by atoms with Gasteiger partial charge in [0.25, 0.3) is 0 Å². The van der Waals surface area contributed by atoms with Gasteiger partial charge < -0.3 is 15.2 Å². The van der Waals surface area contributed by atoms with Crippen molar-refractivity contribution >= 4 is 27.3 Å². The fourth-order valence-corrected chi connectivity index (χ4v) is 2.71. The summed E-state index contributed by atoms with van der Waals surface area (Å²) in [5.41, 5.74) is 1.78. The van der Waals surface area contributed by atoms with Gasteiger partial charge in [0.1, 0.15) is 11.3 Å². The minimum Gasteiger partial charge on any atom is -0.497 e. The summed E-state index contributed by atoms with van der Waals surface area (Å²) in [6, 6.07) is 7.29. The van der Waals surface area contributed by atoms with Gasteiger partial charge in [-0.1, -0.05) is 12.1 Å². The zero-order valence-electron chi connectivity index (χ0n) is 11.9. The Bertz CT molecular complexity index is 773. The molecule has 1 unspecified atom stereocenters. The summed E-state index contributed by atoms with van der Waals surface area (Å²) in [7, 11) is 1.62. The van der Waals surface area contributed by atoms with E-state index in [1.165, 1.54) is 0 Å². The highest BCUT2D eigenvalue weighted by Crippen LogP contribution is 2.27. The second-order valence-electron chi connectivity index (χ2n) is 4.71. The maximum Gasteiger partial charge on any atom is 0.153 e. The van der Waals surface area contributed by atoms with E-state index in [0.29, 0.717) is 5.82 Å². The molecular weight excluding hydrogens is 348 g/mol. The SMILES string of the molecule is COc1ccc(C(CO)Nc2nccn3ncc(Br)c23)cc1. The van der Waals surface area contributed by atoms with Crippen molar-refractivity contribution in [3.8, 4) is 5.75 Å². The monoisotopic (exact) mass is 362 g/mol. The van der Waals surface area contributed by atoms with Crippen molar-refractivity contribution in [3.05, 3.63) is 52.9 Å². The van der Waals surface area contributed by atoms with Crippen LogP contribution >= 0.6 is 15.9 Å². The van der Waals surface area contributed by atoms with E-state index in [-0.39, 0.29) is 12.6 Å². The second kappa shape index (κ2) is 6.33. The summed E-state index contributed by atoms with van der Waals surface area (Å²) in [4.78, 5) is 4.35. The molecule has 0 saturated carbocycles. The van der Waals surface area contributed by atoms with Crippen LogP contribution in [-0.2, 0) is 0 Å². The number of aliphatic hydroxyl groups excluding tert-OH is 1. The molecule has 7 heteroatoms. The second-order valence-corrected chi connectivity index (χ2v) is 5.57. The molecule has 3 rings (SSSR count). The molecule has 0 amide bonds. The Morgan fingerprint density at radius 1 is 1.36 bits per heavy atom. The first-order chi connectivity index (χ1) is 10.7. The molecule has 0 aliphatic heterocycles. The number of ether oxygens (including phenoxy) is 1. The first-order valence-electron chi connectivity index (χ1n) is 6.72. The lowest BCUT2D eigenvalue weighted by molar-refractivity contribution is 0.276. The van der Waals surface area contributed by atoms with E-state index in [2.05, 4.69) is 31.3 Å². The number of hydrogen-bond acceptors (Lipinski definition) is 5. The van der Waals surface area contributed by atoms with Crippen molar-refractivity contribution < 1.29 is 9.84 Å². The predicted molar refractivity (Wildman–Crippen MR) is 87.1 cm³/mol. The third-order valence-corrected chi connectivity index (χ3v) is 3.98. The van der Waals surface area contributed by atoms with Crippen LogP contribution in [0.4, 0.5) is 5.82 Å². The number of halogens is 1. The van der Waals surface area contributed by atoms with Gasteiger partial charge in [-0.2, -0.15) is 5.10 Å². The van der Waals surface area contributed by atoms with Crippen LogP contribution in [0.3, 0.4) is 0 Å². The van der Waals surface area contributed by atoms with E-state index in [1.807, 2.05) is 24.3 Å². The van der Waals surface area contributed by atoms with Gasteiger partial charge in [0.2, 0.25) is 0 Å². The molecule has 1 atom stereocenters. The number of methoxy groups -OCH3 is 1. The molecule has 0 aliphatic carbocycles. The maximum atomic E-state index is 9.70. The summed E-state index contributed by atoms with van der Waals surface area (Å²) in [5.74, 6) is 1.43. The van der Waals surface area contributed by atoms with Gasteiger partial charge in [-0.05, 0) is 33.6 Å². The average Bonchev–Trinajstić information content (AvgIpc) is 2.95. The van der Waals surface area contributed by atoms with Crippen molar-refractivity contribution in [2.24, 2.45) is 0 Å². The molecule has 2 heterocycles. The number of hydrogen-bond donors (Lipinski definition) is 2. The summed E-state index contributed by atoms with van der Waals surface area (Å²) in [6.07, 6.45) is 5.15. The van der Waals surface area contributed by atoms with Gasteiger partial charge >= 0.3 is 0 Å². The fraction of sp³-hybridized carbons (Fsp3) is 0.200. The van der Waals surface area contributed by atoms with E-state index in [0.717, 1.165) is 21.3 Å². The average molecular weight is 363 g/mol.